The Morgan fingerprint density at radius 1 is 1.05 bits per heavy atom. The summed E-state index contributed by atoms with van der Waals surface area (Å²) in [5, 5.41) is 1.24. The molecule has 0 bridgehead atoms. The van der Waals surface area contributed by atoms with E-state index in [1.165, 1.54) is 22.5 Å². The highest BCUT2D eigenvalue weighted by molar-refractivity contribution is 5.81. The highest BCUT2D eigenvalue weighted by Gasteiger charge is 2.05. The predicted molar refractivity (Wildman–Crippen MR) is 81.5 cm³/mol. The average Bonchev–Trinajstić information content (AvgIpc) is 2.81. The van der Waals surface area contributed by atoms with Crippen molar-refractivity contribution in [2.24, 2.45) is 0 Å². The van der Waals surface area contributed by atoms with Crippen LogP contribution in [0.25, 0.3) is 10.9 Å². The zero-order chi connectivity index (χ0) is 14.1. The van der Waals surface area contributed by atoms with Crippen LogP contribution in [0.15, 0.2) is 54.7 Å². The van der Waals surface area contributed by atoms with Gasteiger partial charge in [0.15, 0.2) is 0 Å². The molecule has 0 N–H and O–H groups in total. The Morgan fingerprint density at radius 3 is 2.65 bits per heavy atom. The molecule has 2 aromatic carbocycles. The van der Waals surface area contributed by atoms with Gasteiger partial charge < -0.3 is 4.57 Å². The van der Waals surface area contributed by atoms with E-state index in [0.29, 0.717) is 12.5 Å². The normalized spacial score (nSPS) is 11.4. The molecule has 0 aliphatic carbocycles. The van der Waals surface area contributed by atoms with Crippen molar-refractivity contribution in [3.8, 4) is 0 Å². The van der Waals surface area contributed by atoms with Gasteiger partial charge in [0.05, 0.1) is 0 Å². The van der Waals surface area contributed by atoms with Crippen molar-refractivity contribution in [1.82, 2.24) is 4.57 Å². The third-order valence-electron chi connectivity index (χ3n) is 3.70. The van der Waals surface area contributed by atoms with E-state index in [2.05, 4.69) is 48.9 Å². The van der Waals surface area contributed by atoms with Gasteiger partial charge in [-0.3, -0.25) is 0 Å². The lowest BCUT2D eigenvalue weighted by Crippen LogP contribution is -1.98. The lowest BCUT2D eigenvalue weighted by molar-refractivity contribution is 0.624. The van der Waals surface area contributed by atoms with Gasteiger partial charge in [-0.15, -0.1) is 0 Å². The van der Waals surface area contributed by atoms with Crippen LogP contribution in [0.4, 0.5) is 4.39 Å². The van der Waals surface area contributed by atoms with Crippen molar-refractivity contribution >= 4 is 10.9 Å². The van der Waals surface area contributed by atoms with E-state index in [0.717, 1.165) is 5.56 Å². The molecule has 1 aromatic heterocycles. The van der Waals surface area contributed by atoms with Crippen molar-refractivity contribution < 1.29 is 4.39 Å². The maximum Gasteiger partial charge on any atom is 0.123 e. The Morgan fingerprint density at radius 2 is 1.90 bits per heavy atom. The Hall–Kier alpha value is -2.09. The monoisotopic (exact) mass is 267 g/mol. The first-order valence-electron chi connectivity index (χ1n) is 6.97. The molecule has 20 heavy (non-hydrogen) atoms. The van der Waals surface area contributed by atoms with Gasteiger partial charge >= 0.3 is 0 Å². The van der Waals surface area contributed by atoms with Gasteiger partial charge in [0.1, 0.15) is 5.82 Å². The minimum atomic E-state index is -0.180. The van der Waals surface area contributed by atoms with Crippen LogP contribution in [0, 0.1) is 5.82 Å². The summed E-state index contributed by atoms with van der Waals surface area (Å²) < 4.78 is 15.4. The summed E-state index contributed by atoms with van der Waals surface area (Å²) in [6, 6.07) is 15.5. The minimum Gasteiger partial charge on any atom is -0.343 e. The molecule has 102 valence electrons. The first-order valence-corrected chi connectivity index (χ1v) is 6.97. The molecule has 3 rings (SSSR count). The minimum absolute atomic E-state index is 0.180. The van der Waals surface area contributed by atoms with Crippen molar-refractivity contribution in [3.05, 3.63) is 71.7 Å². The van der Waals surface area contributed by atoms with Crippen LogP contribution in [0.2, 0.25) is 0 Å². The first kappa shape index (κ1) is 12.9. The number of rotatable bonds is 3. The van der Waals surface area contributed by atoms with Gasteiger partial charge in [-0.1, -0.05) is 32.0 Å². The molecule has 0 atom stereocenters. The number of hydrogen-bond acceptors (Lipinski definition) is 0. The van der Waals surface area contributed by atoms with E-state index >= 15 is 0 Å². The third kappa shape index (κ3) is 2.46. The van der Waals surface area contributed by atoms with E-state index in [-0.39, 0.29) is 5.82 Å². The van der Waals surface area contributed by atoms with Crippen LogP contribution < -0.4 is 0 Å². The fourth-order valence-electron chi connectivity index (χ4n) is 2.55. The summed E-state index contributed by atoms with van der Waals surface area (Å²) in [4.78, 5) is 0. The molecule has 0 aliphatic rings. The summed E-state index contributed by atoms with van der Waals surface area (Å²) in [7, 11) is 0. The van der Waals surface area contributed by atoms with Gasteiger partial charge in [0.25, 0.3) is 0 Å². The van der Waals surface area contributed by atoms with E-state index in [1.54, 1.807) is 12.1 Å². The van der Waals surface area contributed by atoms with Crippen LogP contribution in [0.3, 0.4) is 0 Å². The van der Waals surface area contributed by atoms with Crippen molar-refractivity contribution in [2.45, 2.75) is 26.3 Å². The standard InChI is InChI=1S/C18H18FN/c1-13(2)15-6-7-18-16(11-15)8-9-20(18)12-14-4-3-5-17(19)10-14/h3-11,13H,12H2,1-2H3. The third-order valence-corrected chi connectivity index (χ3v) is 3.70. The van der Waals surface area contributed by atoms with E-state index in [1.807, 2.05) is 6.07 Å². The molecule has 1 heterocycles. The van der Waals surface area contributed by atoms with Crippen LogP contribution in [-0.2, 0) is 6.54 Å². The molecule has 3 aromatic rings. The van der Waals surface area contributed by atoms with Crippen LogP contribution in [-0.4, -0.2) is 4.57 Å². The van der Waals surface area contributed by atoms with Crippen LogP contribution in [0.1, 0.15) is 30.9 Å². The zero-order valence-corrected chi connectivity index (χ0v) is 11.8. The molecule has 0 saturated carbocycles. The van der Waals surface area contributed by atoms with Gasteiger partial charge in [0.2, 0.25) is 0 Å². The van der Waals surface area contributed by atoms with Gasteiger partial charge in [0, 0.05) is 18.3 Å². The topological polar surface area (TPSA) is 4.93 Å². The van der Waals surface area contributed by atoms with E-state index < -0.39 is 0 Å². The van der Waals surface area contributed by atoms with Crippen molar-refractivity contribution in [1.29, 1.82) is 0 Å². The fraction of sp³-hybridized carbons (Fsp3) is 0.222. The van der Waals surface area contributed by atoms with Crippen molar-refractivity contribution in [2.75, 3.05) is 0 Å². The first-order chi connectivity index (χ1) is 9.63. The molecule has 0 aliphatic heterocycles. The average molecular weight is 267 g/mol. The van der Waals surface area contributed by atoms with Crippen LogP contribution in [0.5, 0.6) is 0 Å². The molecule has 0 unspecified atom stereocenters. The molecule has 0 saturated heterocycles. The van der Waals surface area contributed by atoms with Crippen LogP contribution >= 0.6 is 0 Å². The smallest absolute Gasteiger partial charge is 0.123 e. The number of benzene rings is 2. The second kappa shape index (κ2) is 5.12. The number of halogens is 1. The van der Waals surface area contributed by atoms with Crippen molar-refractivity contribution in [3.63, 3.8) is 0 Å². The molecule has 0 fully saturated rings. The van der Waals surface area contributed by atoms with Gasteiger partial charge in [-0.25, -0.2) is 4.39 Å². The van der Waals surface area contributed by atoms with Gasteiger partial charge in [-0.05, 0) is 52.8 Å². The molecular weight excluding hydrogens is 249 g/mol. The van der Waals surface area contributed by atoms with Gasteiger partial charge in [-0.2, -0.15) is 0 Å². The molecule has 0 amide bonds. The number of hydrogen-bond donors (Lipinski definition) is 0. The number of fused-ring (bicyclic) bond motifs is 1. The number of aromatic nitrogens is 1. The molecular formula is C18H18FN. The SMILES string of the molecule is CC(C)c1ccc2c(ccn2Cc2cccc(F)c2)c1. The Bertz CT molecular complexity index is 740. The second-order valence-corrected chi connectivity index (χ2v) is 5.55. The Balaban J connectivity index is 1.96. The molecule has 2 heteroatoms. The Labute approximate surface area is 118 Å². The number of nitrogens with zero attached hydrogens (tertiary/aromatic N) is 1. The predicted octanol–water partition coefficient (Wildman–Crippen LogP) is 4.95. The lowest BCUT2D eigenvalue weighted by atomic mass is 10.0. The summed E-state index contributed by atoms with van der Waals surface area (Å²) in [5.74, 6) is 0.354. The summed E-state index contributed by atoms with van der Waals surface area (Å²) >= 11 is 0. The summed E-state index contributed by atoms with van der Waals surface area (Å²) in [6.45, 7) is 5.10. The summed E-state index contributed by atoms with van der Waals surface area (Å²) in [5.41, 5.74) is 3.52. The highest BCUT2D eigenvalue weighted by Crippen LogP contribution is 2.23. The molecule has 1 nitrogen and oxygen atoms in total. The largest absolute Gasteiger partial charge is 0.343 e. The quantitative estimate of drug-likeness (QED) is 0.632. The van der Waals surface area contributed by atoms with E-state index in [9.17, 15) is 4.39 Å². The fourth-order valence-corrected chi connectivity index (χ4v) is 2.55. The second-order valence-electron chi connectivity index (χ2n) is 5.55. The maximum atomic E-state index is 13.2. The lowest BCUT2D eigenvalue weighted by Gasteiger charge is -2.08. The van der Waals surface area contributed by atoms with E-state index in [4.69, 9.17) is 0 Å². The summed E-state index contributed by atoms with van der Waals surface area (Å²) in [6.07, 6.45) is 2.07. The maximum absolute atomic E-state index is 13.2. The zero-order valence-electron chi connectivity index (χ0n) is 11.8. The molecule has 0 radical (unpaired) electrons. The highest BCUT2D eigenvalue weighted by atomic mass is 19.1. The molecule has 0 spiro atoms. The Kier molecular flexibility index (Phi) is 3.31.